The highest BCUT2D eigenvalue weighted by molar-refractivity contribution is 5.47. The molecule has 0 amide bonds. The molecule has 1 aromatic heterocycles. The topological polar surface area (TPSA) is 49.8 Å². The van der Waals surface area contributed by atoms with Crippen molar-refractivity contribution in [3.05, 3.63) is 11.9 Å². The molecule has 1 rings (SSSR count). The first-order chi connectivity index (χ1) is 8.44. The van der Waals surface area contributed by atoms with E-state index in [1.165, 1.54) is 0 Å². The lowest BCUT2D eigenvalue weighted by atomic mass is 9.97. The molecule has 1 heterocycles. The van der Waals surface area contributed by atoms with Crippen LogP contribution in [0.15, 0.2) is 6.07 Å². The summed E-state index contributed by atoms with van der Waals surface area (Å²) in [5, 5.41) is 6.64. The molecule has 0 radical (unpaired) electrons. The molecule has 2 N–H and O–H groups in total. The van der Waals surface area contributed by atoms with E-state index in [4.69, 9.17) is 0 Å². The van der Waals surface area contributed by atoms with Gasteiger partial charge < -0.3 is 10.6 Å². The Balaban J connectivity index is 2.81. The average molecular weight is 250 g/mol. The van der Waals surface area contributed by atoms with Crippen molar-refractivity contribution >= 4 is 11.6 Å². The zero-order chi connectivity index (χ0) is 13.6. The highest BCUT2D eigenvalue weighted by Gasteiger charge is 2.11. The van der Waals surface area contributed by atoms with Crippen LogP contribution in [0.3, 0.4) is 0 Å². The number of anilines is 2. The van der Waals surface area contributed by atoms with E-state index in [-0.39, 0.29) is 5.41 Å². The van der Waals surface area contributed by atoms with Gasteiger partial charge in [0.2, 0.25) is 0 Å². The second-order valence-corrected chi connectivity index (χ2v) is 5.75. The molecule has 4 nitrogen and oxygen atoms in total. The molecule has 0 saturated heterocycles. The van der Waals surface area contributed by atoms with Crippen molar-refractivity contribution in [2.24, 2.45) is 5.41 Å². The summed E-state index contributed by atoms with van der Waals surface area (Å²) in [5.41, 5.74) is 0.244. The molecule has 4 heteroatoms. The zero-order valence-corrected chi connectivity index (χ0v) is 12.3. The molecule has 0 unspecified atom stereocenters. The van der Waals surface area contributed by atoms with Crippen molar-refractivity contribution < 1.29 is 0 Å². The molecule has 0 saturated carbocycles. The van der Waals surface area contributed by atoms with Crippen LogP contribution in [0.2, 0.25) is 0 Å². The fraction of sp³-hybridized carbons (Fsp3) is 0.714. The molecule has 18 heavy (non-hydrogen) atoms. The molecular formula is C14H26N4. The van der Waals surface area contributed by atoms with Gasteiger partial charge in [-0.1, -0.05) is 27.7 Å². The minimum absolute atomic E-state index is 0.244. The highest BCUT2D eigenvalue weighted by atomic mass is 15.1. The summed E-state index contributed by atoms with van der Waals surface area (Å²) in [6.07, 6.45) is 1.98. The SMILES string of the molecule is CCCc1nc(NCC)cc(NCC(C)(C)C)n1. The first kappa shape index (κ1) is 14.7. The van der Waals surface area contributed by atoms with Crippen molar-refractivity contribution in [2.75, 3.05) is 23.7 Å². The van der Waals surface area contributed by atoms with Crippen LogP contribution >= 0.6 is 0 Å². The number of hydrogen-bond donors (Lipinski definition) is 2. The Bertz CT molecular complexity index is 344. The summed E-state index contributed by atoms with van der Waals surface area (Å²) in [6.45, 7) is 12.6. The number of aromatic nitrogens is 2. The number of aryl methyl sites for hydroxylation is 1. The fourth-order valence-electron chi connectivity index (χ4n) is 1.55. The van der Waals surface area contributed by atoms with Crippen molar-refractivity contribution in [1.82, 2.24) is 9.97 Å². The summed E-state index contributed by atoms with van der Waals surface area (Å²) in [4.78, 5) is 9.04. The van der Waals surface area contributed by atoms with Gasteiger partial charge in [-0.05, 0) is 18.8 Å². The van der Waals surface area contributed by atoms with Crippen LogP contribution in [-0.2, 0) is 6.42 Å². The normalized spacial score (nSPS) is 11.4. The molecule has 1 aromatic rings. The second kappa shape index (κ2) is 6.57. The van der Waals surface area contributed by atoms with E-state index in [1.54, 1.807) is 0 Å². The van der Waals surface area contributed by atoms with Crippen LogP contribution in [0, 0.1) is 5.41 Å². The quantitative estimate of drug-likeness (QED) is 0.813. The smallest absolute Gasteiger partial charge is 0.133 e. The van der Waals surface area contributed by atoms with Crippen molar-refractivity contribution in [3.8, 4) is 0 Å². The monoisotopic (exact) mass is 250 g/mol. The standard InChI is InChI=1S/C14H26N4/c1-6-8-11-17-12(15-7-2)9-13(18-11)16-10-14(3,4)5/h9H,6-8,10H2,1-5H3,(H2,15,16,17,18). The molecule has 0 aromatic carbocycles. The van der Waals surface area contributed by atoms with Gasteiger partial charge >= 0.3 is 0 Å². The third-order valence-corrected chi connectivity index (χ3v) is 2.40. The number of nitrogens with one attached hydrogen (secondary N) is 2. The molecule has 0 fully saturated rings. The van der Waals surface area contributed by atoms with E-state index in [2.05, 4.69) is 55.2 Å². The average Bonchev–Trinajstić information content (AvgIpc) is 2.26. The van der Waals surface area contributed by atoms with Crippen molar-refractivity contribution in [3.63, 3.8) is 0 Å². The van der Waals surface area contributed by atoms with Crippen LogP contribution in [-0.4, -0.2) is 23.1 Å². The lowest BCUT2D eigenvalue weighted by Crippen LogP contribution is -2.20. The van der Waals surface area contributed by atoms with E-state index >= 15 is 0 Å². The second-order valence-electron chi connectivity index (χ2n) is 5.75. The third-order valence-electron chi connectivity index (χ3n) is 2.40. The number of nitrogens with zero attached hydrogens (tertiary/aromatic N) is 2. The van der Waals surface area contributed by atoms with Crippen LogP contribution in [0.25, 0.3) is 0 Å². The van der Waals surface area contributed by atoms with Crippen LogP contribution < -0.4 is 10.6 Å². The van der Waals surface area contributed by atoms with Gasteiger partial charge in [0.15, 0.2) is 0 Å². The maximum atomic E-state index is 4.55. The minimum Gasteiger partial charge on any atom is -0.370 e. The lowest BCUT2D eigenvalue weighted by Gasteiger charge is -2.19. The van der Waals surface area contributed by atoms with Gasteiger partial charge in [0.25, 0.3) is 0 Å². The molecule has 0 bridgehead atoms. The zero-order valence-electron chi connectivity index (χ0n) is 12.3. The first-order valence-electron chi connectivity index (χ1n) is 6.80. The van der Waals surface area contributed by atoms with Crippen molar-refractivity contribution in [1.29, 1.82) is 0 Å². The maximum absolute atomic E-state index is 4.55. The van der Waals surface area contributed by atoms with E-state index in [0.29, 0.717) is 0 Å². The molecule has 102 valence electrons. The van der Waals surface area contributed by atoms with Gasteiger partial charge in [0.05, 0.1) is 0 Å². The predicted octanol–water partition coefficient (Wildman–Crippen LogP) is 3.32. The number of hydrogen-bond acceptors (Lipinski definition) is 4. The van der Waals surface area contributed by atoms with Gasteiger partial charge in [0.1, 0.15) is 17.5 Å². The highest BCUT2D eigenvalue weighted by Crippen LogP contribution is 2.17. The molecular weight excluding hydrogens is 224 g/mol. The van der Waals surface area contributed by atoms with Crippen LogP contribution in [0.1, 0.15) is 46.9 Å². The molecule has 0 aliphatic carbocycles. The summed E-state index contributed by atoms with van der Waals surface area (Å²) in [5.74, 6) is 2.74. The molecule has 0 spiro atoms. The van der Waals surface area contributed by atoms with Crippen LogP contribution in [0.5, 0.6) is 0 Å². The minimum atomic E-state index is 0.244. The summed E-state index contributed by atoms with van der Waals surface area (Å²) < 4.78 is 0. The van der Waals surface area contributed by atoms with E-state index in [1.807, 2.05) is 6.07 Å². The van der Waals surface area contributed by atoms with Gasteiger partial charge in [-0.25, -0.2) is 9.97 Å². The maximum Gasteiger partial charge on any atom is 0.133 e. The Morgan fingerprint density at radius 2 is 1.67 bits per heavy atom. The van der Waals surface area contributed by atoms with Gasteiger partial charge in [-0.3, -0.25) is 0 Å². The largest absolute Gasteiger partial charge is 0.370 e. The third kappa shape index (κ3) is 5.34. The Labute approximate surface area is 111 Å². The van der Waals surface area contributed by atoms with E-state index in [0.717, 1.165) is 43.4 Å². The predicted molar refractivity (Wildman–Crippen MR) is 78.1 cm³/mol. The van der Waals surface area contributed by atoms with E-state index in [9.17, 15) is 0 Å². The Morgan fingerprint density at radius 1 is 1.06 bits per heavy atom. The summed E-state index contributed by atoms with van der Waals surface area (Å²) in [7, 11) is 0. The lowest BCUT2D eigenvalue weighted by molar-refractivity contribution is 0.442. The summed E-state index contributed by atoms with van der Waals surface area (Å²) in [6, 6.07) is 1.98. The Kier molecular flexibility index (Phi) is 5.38. The molecule has 0 atom stereocenters. The van der Waals surface area contributed by atoms with Crippen LogP contribution in [0.4, 0.5) is 11.6 Å². The Hall–Kier alpha value is -1.32. The van der Waals surface area contributed by atoms with Gasteiger partial charge in [-0.2, -0.15) is 0 Å². The van der Waals surface area contributed by atoms with Crippen molar-refractivity contribution in [2.45, 2.75) is 47.5 Å². The fourth-order valence-corrected chi connectivity index (χ4v) is 1.55. The first-order valence-corrected chi connectivity index (χ1v) is 6.80. The van der Waals surface area contributed by atoms with Gasteiger partial charge in [-0.15, -0.1) is 0 Å². The number of rotatable bonds is 6. The summed E-state index contributed by atoms with van der Waals surface area (Å²) >= 11 is 0. The van der Waals surface area contributed by atoms with E-state index < -0.39 is 0 Å². The molecule has 0 aliphatic heterocycles. The van der Waals surface area contributed by atoms with Gasteiger partial charge in [0, 0.05) is 25.6 Å². The Morgan fingerprint density at radius 3 is 2.17 bits per heavy atom. The molecule has 0 aliphatic rings.